The van der Waals surface area contributed by atoms with Crippen LogP contribution in [0.4, 0.5) is 11.4 Å². The fraction of sp³-hybridized carbons (Fsp3) is 0.0870. The van der Waals surface area contributed by atoms with Gasteiger partial charge in [0.2, 0.25) is 0 Å². The fourth-order valence-corrected chi connectivity index (χ4v) is 3.73. The Balaban J connectivity index is 1.54. The Morgan fingerprint density at radius 2 is 1.88 bits per heavy atom. The molecule has 1 amide bonds. The second-order valence-corrected chi connectivity index (χ2v) is 7.93. The molecular weight excluding hydrogens is 444 g/mol. The number of carbonyl (C=O) groups is 2. The van der Waals surface area contributed by atoms with Gasteiger partial charge in [0.05, 0.1) is 15.5 Å². The topological polar surface area (TPSA) is 116 Å². The van der Waals surface area contributed by atoms with E-state index in [-0.39, 0.29) is 17.1 Å². The first-order chi connectivity index (χ1) is 15.9. The maximum atomic E-state index is 13.0. The lowest BCUT2D eigenvalue weighted by Gasteiger charge is -2.14. The van der Waals surface area contributed by atoms with Crippen LogP contribution in [0.2, 0.25) is 0 Å². The van der Waals surface area contributed by atoms with E-state index in [4.69, 9.17) is 4.74 Å². The number of hydrogen-bond donors (Lipinski definition) is 1. The first-order valence-corrected chi connectivity index (χ1v) is 10.8. The largest absolute Gasteiger partial charge is 0.448 e. The highest BCUT2D eigenvalue weighted by molar-refractivity contribution is 7.13. The van der Waals surface area contributed by atoms with E-state index in [0.717, 1.165) is 4.88 Å². The molecule has 33 heavy (non-hydrogen) atoms. The van der Waals surface area contributed by atoms with Crippen molar-refractivity contribution in [3.05, 3.63) is 94.0 Å². The first-order valence-electron chi connectivity index (χ1n) is 9.88. The number of para-hydroxylation sites is 1. The van der Waals surface area contributed by atoms with Crippen LogP contribution in [0, 0.1) is 10.1 Å². The molecule has 0 spiro atoms. The van der Waals surface area contributed by atoms with E-state index in [9.17, 15) is 19.7 Å². The summed E-state index contributed by atoms with van der Waals surface area (Å²) in [6.45, 7) is 1.42. The monoisotopic (exact) mass is 462 g/mol. The van der Waals surface area contributed by atoms with E-state index in [1.54, 1.807) is 18.2 Å². The lowest BCUT2D eigenvalue weighted by Crippen LogP contribution is -2.30. The van der Waals surface area contributed by atoms with Crippen molar-refractivity contribution in [2.75, 3.05) is 5.32 Å². The van der Waals surface area contributed by atoms with Gasteiger partial charge in [-0.15, -0.1) is 11.3 Å². The van der Waals surface area contributed by atoms with Crippen LogP contribution in [0.25, 0.3) is 16.3 Å². The molecule has 0 fully saturated rings. The van der Waals surface area contributed by atoms with Gasteiger partial charge in [0, 0.05) is 23.9 Å². The van der Waals surface area contributed by atoms with E-state index < -0.39 is 22.9 Å². The number of nitrogens with zero attached hydrogens (tertiary/aromatic N) is 3. The number of aromatic nitrogens is 2. The molecule has 0 aliphatic carbocycles. The molecule has 0 aliphatic rings. The Labute approximate surface area is 192 Å². The Morgan fingerprint density at radius 3 is 2.58 bits per heavy atom. The van der Waals surface area contributed by atoms with Gasteiger partial charge in [-0.25, -0.2) is 9.48 Å². The molecule has 2 heterocycles. The third-order valence-electron chi connectivity index (χ3n) is 4.67. The number of hydrogen-bond acceptors (Lipinski definition) is 7. The summed E-state index contributed by atoms with van der Waals surface area (Å²) in [5.74, 6) is -1.34. The number of thiophene rings is 1. The van der Waals surface area contributed by atoms with Gasteiger partial charge in [-0.05, 0) is 36.6 Å². The van der Waals surface area contributed by atoms with Crippen molar-refractivity contribution >= 4 is 34.6 Å². The summed E-state index contributed by atoms with van der Waals surface area (Å²) in [6.07, 6.45) is -1.15. The van der Waals surface area contributed by atoms with Crippen molar-refractivity contribution in [3.8, 4) is 16.3 Å². The summed E-state index contributed by atoms with van der Waals surface area (Å²) in [5, 5.41) is 19.9. The van der Waals surface area contributed by atoms with Crippen molar-refractivity contribution in [1.82, 2.24) is 9.78 Å². The van der Waals surface area contributed by atoms with Crippen molar-refractivity contribution in [2.45, 2.75) is 13.0 Å². The van der Waals surface area contributed by atoms with Gasteiger partial charge in [-0.3, -0.25) is 14.9 Å². The summed E-state index contributed by atoms with van der Waals surface area (Å²) < 4.78 is 6.87. The van der Waals surface area contributed by atoms with Crippen LogP contribution in [0.1, 0.15) is 17.4 Å². The van der Waals surface area contributed by atoms with Crippen LogP contribution in [0.3, 0.4) is 0 Å². The summed E-state index contributed by atoms with van der Waals surface area (Å²) in [7, 11) is 0. The highest BCUT2D eigenvalue weighted by Crippen LogP contribution is 2.26. The van der Waals surface area contributed by atoms with E-state index in [1.165, 1.54) is 47.2 Å². The number of ether oxygens (including phenoxy) is 1. The molecule has 4 aromatic rings. The molecule has 0 saturated carbocycles. The minimum absolute atomic E-state index is 0.162. The van der Waals surface area contributed by atoms with E-state index in [1.807, 2.05) is 35.7 Å². The third-order valence-corrected chi connectivity index (χ3v) is 5.56. The van der Waals surface area contributed by atoms with Crippen molar-refractivity contribution in [1.29, 1.82) is 0 Å². The number of amides is 1. The molecule has 166 valence electrons. The van der Waals surface area contributed by atoms with E-state index in [0.29, 0.717) is 11.4 Å². The van der Waals surface area contributed by atoms with Crippen molar-refractivity contribution < 1.29 is 19.2 Å². The Hall–Kier alpha value is -4.31. The van der Waals surface area contributed by atoms with Crippen LogP contribution in [0.5, 0.6) is 0 Å². The molecule has 2 aromatic carbocycles. The number of esters is 1. The maximum absolute atomic E-state index is 13.0. The molecule has 1 unspecified atom stereocenters. The van der Waals surface area contributed by atoms with Gasteiger partial charge in [-0.1, -0.05) is 30.3 Å². The maximum Gasteiger partial charge on any atom is 0.357 e. The predicted molar refractivity (Wildman–Crippen MR) is 123 cm³/mol. The molecule has 0 saturated heterocycles. The molecule has 1 atom stereocenters. The van der Waals surface area contributed by atoms with E-state index in [2.05, 4.69) is 10.4 Å². The molecule has 4 rings (SSSR count). The van der Waals surface area contributed by atoms with Gasteiger partial charge in [0.15, 0.2) is 11.8 Å². The molecule has 0 aliphatic heterocycles. The fourth-order valence-electron chi connectivity index (χ4n) is 3.05. The number of nitro benzene ring substituents is 1. The second kappa shape index (κ2) is 9.45. The van der Waals surface area contributed by atoms with Crippen molar-refractivity contribution in [3.63, 3.8) is 0 Å². The number of rotatable bonds is 7. The summed E-state index contributed by atoms with van der Waals surface area (Å²) in [4.78, 5) is 36.8. The number of benzene rings is 2. The molecule has 2 aromatic heterocycles. The van der Waals surface area contributed by atoms with Gasteiger partial charge in [-0.2, -0.15) is 5.10 Å². The average Bonchev–Trinajstić information content (AvgIpc) is 3.50. The second-order valence-electron chi connectivity index (χ2n) is 6.98. The standard InChI is InChI=1S/C23H18N4O5S/c1-15(22(28)24-16-7-5-10-18(13-16)27(30)31)32-23(29)20-14-19(21-11-6-12-33-21)25-26(20)17-8-3-2-4-9-17/h2-15H,1H3,(H,24,28). The smallest absolute Gasteiger partial charge is 0.357 e. The van der Waals surface area contributed by atoms with Crippen LogP contribution in [0.15, 0.2) is 78.2 Å². The van der Waals surface area contributed by atoms with Crippen LogP contribution < -0.4 is 5.32 Å². The van der Waals surface area contributed by atoms with Gasteiger partial charge >= 0.3 is 5.97 Å². The normalized spacial score (nSPS) is 11.5. The molecular formula is C23H18N4O5S. The lowest BCUT2D eigenvalue weighted by atomic mass is 10.2. The van der Waals surface area contributed by atoms with Crippen molar-refractivity contribution in [2.24, 2.45) is 0 Å². The Kier molecular flexibility index (Phi) is 6.27. The molecule has 10 heteroatoms. The SMILES string of the molecule is CC(OC(=O)c1cc(-c2cccs2)nn1-c1ccccc1)C(=O)Nc1cccc([N+](=O)[O-])c1. The number of nitrogens with one attached hydrogen (secondary N) is 1. The van der Waals surface area contributed by atoms with Gasteiger partial charge in [0.1, 0.15) is 5.69 Å². The van der Waals surface area contributed by atoms with Crippen LogP contribution in [-0.2, 0) is 9.53 Å². The minimum atomic E-state index is -1.15. The zero-order chi connectivity index (χ0) is 23.4. The molecule has 1 N–H and O–H groups in total. The average molecular weight is 462 g/mol. The van der Waals surface area contributed by atoms with Crippen LogP contribution >= 0.6 is 11.3 Å². The Bertz CT molecular complexity index is 1300. The highest BCUT2D eigenvalue weighted by atomic mass is 32.1. The number of nitro groups is 1. The van der Waals surface area contributed by atoms with Gasteiger partial charge in [0.25, 0.3) is 11.6 Å². The van der Waals surface area contributed by atoms with Gasteiger partial charge < -0.3 is 10.1 Å². The summed E-state index contributed by atoms with van der Waals surface area (Å²) >= 11 is 1.49. The molecule has 0 bridgehead atoms. The highest BCUT2D eigenvalue weighted by Gasteiger charge is 2.24. The first kappa shape index (κ1) is 21.9. The Morgan fingerprint density at radius 1 is 1.09 bits per heavy atom. The van der Waals surface area contributed by atoms with Crippen LogP contribution in [-0.4, -0.2) is 32.7 Å². The number of carbonyl (C=O) groups excluding carboxylic acids is 2. The summed E-state index contributed by atoms with van der Waals surface area (Å²) in [5.41, 5.74) is 1.51. The zero-order valence-corrected chi connectivity index (χ0v) is 18.2. The quantitative estimate of drug-likeness (QED) is 0.242. The number of non-ortho nitro benzene ring substituents is 1. The number of anilines is 1. The summed E-state index contributed by atoms with van der Waals surface area (Å²) in [6, 6.07) is 20.0. The lowest BCUT2D eigenvalue weighted by molar-refractivity contribution is -0.384. The minimum Gasteiger partial charge on any atom is -0.448 e. The zero-order valence-electron chi connectivity index (χ0n) is 17.4. The predicted octanol–water partition coefficient (Wildman–Crippen LogP) is 4.69. The molecule has 9 nitrogen and oxygen atoms in total. The third kappa shape index (κ3) is 4.96. The molecule has 0 radical (unpaired) electrons. The van der Waals surface area contributed by atoms with E-state index >= 15 is 0 Å².